The molecule has 0 saturated carbocycles. The number of likely N-dealkylation sites (N-methyl/N-ethyl adjacent to an activating group) is 1. The normalized spacial score (nSPS) is 12.7. The van der Waals surface area contributed by atoms with E-state index >= 15 is 0 Å². The number of phenols is 1. The first-order chi connectivity index (χ1) is 8.95. The van der Waals surface area contributed by atoms with Crippen LogP contribution in [0.2, 0.25) is 0 Å². The van der Waals surface area contributed by atoms with Crippen LogP contribution in [0.5, 0.6) is 5.75 Å². The lowest BCUT2D eigenvalue weighted by Crippen LogP contribution is -2.32. The number of anilines is 1. The standard InChI is InChI=1S/C15H26N2O2/c1-5-8-17(10-9-16(3)4)13-6-7-14(12(2)18)15(19)11-13/h6-7,11-12,18-19H,5,8-10H2,1-4H3. The van der Waals surface area contributed by atoms with Gasteiger partial charge in [0.05, 0.1) is 6.10 Å². The molecule has 1 unspecified atom stereocenters. The Morgan fingerprint density at radius 2 is 1.84 bits per heavy atom. The highest BCUT2D eigenvalue weighted by Gasteiger charge is 2.11. The topological polar surface area (TPSA) is 46.9 Å². The molecule has 0 fully saturated rings. The van der Waals surface area contributed by atoms with Crippen LogP contribution in [0.15, 0.2) is 18.2 Å². The average molecular weight is 266 g/mol. The Balaban J connectivity index is 2.87. The van der Waals surface area contributed by atoms with Gasteiger partial charge in [0.1, 0.15) is 5.75 Å². The van der Waals surface area contributed by atoms with Crippen molar-refractivity contribution in [3.05, 3.63) is 23.8 Å². The van der Waals surface area contributed by atoms with Crippen molar-refractivity contribution >= 4 is 5.69 Å². The molecule has 1 aromatic carbocycles. The molecule has 0 bridgehead atoms. The third-order valence-corrected chi connectivity index (χ3v) is 3.14. The summed E-state index contributed by atoms with van der Waals surface area (Å²) in [4.78, 5) is 4.40. The monoisotopic (exact) mass is 266 g/mol. The molecule has 19 heavy (non-hydrogen) atoms. The van der Waals surface area contributed by atoms with Gasteiger partial charge in [0, 0.05) is 37.0 Å². The van der Waals surface area contributed by atoms with E-state index in [4.69, 9.17) is 0 Å². The van der Waals surface area contributed by atoms with Gasteiger partial charge in [-0.2, -0.15) is 0 Å². The zero-order valence-electron chi connectivity index (χ0n) is 12.4. The van der Waals surface area contributed by atoms with Gasteiger partial charge in [0.25, 0.3) is 0 Å². The molecule has 1 rings (SSSR count). The highest BCUT2D eigenvalue weighted by atomic mass is 16.3. The maximum Gasteiger partial charge on any atom is 0.123 e. The molecular weight excluding hydrogens is 240 g/mol. The van der Waals surface area contributed by atoms with Crippen LogP contribution in [0.3, 0.4) is 0 Å². The Bertz CT molecular complexity index is 392. The van der Waals surface area contributed by atoms with E-state index in [1.165, 1.54) is 0 Å². The van der Waals surface area contributed by atoms with Crippen molar-refractivity contribution in [1.29, 1.82) is 0 Å². The van der Waals surface area contributed by atoms with Crippen molar-refractivity contribution < 1.29 is 10.2 Å². The number of aliphatic hydroxyl groups excluding tert-OH is 1. The van der Waals surface area contributed by atoms with Crippen molar-refractivity contribution in [2.75, 3.05) is 38.6 Å². The fourth-order valence-corrected chi connectivity index (χ4v) is 2.04. The number of phenolic OH excluding ortho intramolecular Hbond substituents is 1. The number of aromatic hydroxyl groups is 1. The molecular formula is C15H26N2O2. The lowest BCUT2D eigenvalue weighted by Gasteiger charge is -2.26. The quantitative estimate of drug-likeness (QED) is 0.794. The van der Waals surface area contributed by atoms with E-state index in [9.17, 15) is 10.2 Å². The lowest BCUT2D eigenvalue weighted by atomic mass is 10.1. The summed E-state index contributed by atoms with van der Waals surface area (Å²) < 4.78 is 0. The molecule has 0 aliphatic heterocycles. The Labute approximate surface area is 116 Å². The minimum atomic E-state index is -0.643. The number of nitrogens with zero attached hydrogens (tertiary/aromatic N) is 2. The second-order valence-corrected chi connectivity index (χ2v) is 5.21. The van der Waals surface area contributed by atoms with E-state index in [0.29, 0.717) is 5.56 Å². The van der Waals surface area contributed by atoms with E-state index in [-0.39, 0.29) is 5.75 Å². The van der Waals surface area contributed by atoms with Gasteiger partial charge in [0.15, 0.2) is 0 Å². The first kappa shape index (κ1) is 15.8. The summed E-state index contributed by atoms with van der Waals surface area (Å²) in [5.41, 5.74) is 1.58. The molecule has 2 N–H and O–H groups in total. The molecule has 0 heterocycles. The van der Waals surface area contributed by atoms with Crippen LogP contribution >= 0.6 is 0 Å². The molecule has 1 aromatic rings. The summed E-state index contributed by atoms with van der Waals surface area (Å²) in [5.74, 6) is 0.165. The van der Waals surface area contributed by atoms with E-state index < -0.39 is 6.10 Å². The van der Waals surface area contributed by atoms with Crippen LogP contribution in [-0.2, 0) is 0 Å². The molecule has 0 spiro atoms. The summed E-state index contributed by atoms with van der Waals surface area (Å²) in [5, 5.41) is 19.5. The molecule has 0 saturated heterocycles. The van der Waals surface area contributed by atoms with Gasteiger partial charge in [-0.1, -0.05) is 13.0 Å². The molecule has 0 aliphatic rings. The number of hydrogen-bond acceptors (Lipinski definition) is 4. The second kappa shape index (κ2) is 7.36. The van der Waals surface area contributed by atoms with Gasteiger partial charge in [0.2, 0.25) is 0 Å². The molecule has 108 valence electrons. The zero-order valence-corrected chi connectivity index (χ0v) is 12.4. The van der Waals surface area contributed by atoms with E-state index in [1.54, 1.807) is 19.1 Å². The Morgan fingerprint density at radius 3 is 2.32 bits per heavy atom. The van der Waals surface area contributed by atoms with Gasteiger partial charge in [-0.25, -0.2) is 0 Å². The molecule has 4 nitrogen and oxygen atoms in total. The van der Waals surface area contributed by atoms with E-state index in [2.05, 4.69) is 30.8 Å². The van der Waals surface area contributed by atoms with Gasteiger partial charge >= 0.3 is 0 Å². The minimum Gasteiger partial charge on any atom is -0.507 e. The third kappa shape index (κ3) is 4.73. The van der Waals surface area contributed by atoms with Gasteiger partial charge < -0.3 is 20.0 Å². The number of aliphatic hydroxyl groups is 1. The predicted octanol–water partition coefficient (Wildman–Crippen LogP) is 2.22. The minimum absolute atomic E-state index is 0.165. The smallest absolute Gasteiger partial charge is 0.123 e. The number of benzene rings is 1. The van der Waals surface area contributed by atoms with Crippen LogP contribution in [0.25, 0.3) is 0 Å². The highest BCUT2D eigenvalue weighted by Crippen LogP contribution is 2.29. The number of rotatable bonds is 7. The first-order valence-corrected chi connectivity index (χ1v) is 6.86. The first-order valence-electron chi connectivity index (χ1n) is 6.86. The SMILES string of the molecule is CCCN(CCN(C)C)c1ccc(C(C)O)c(O)c1. The molecule has 0 amide bonds. The van der Waals surface area contributed by atoms with Gasteiger partial charge in [-0.3, -0.25) is 0 Å². The average Bonchev–Trinajstić information content (AvgIpc) is 2.33. The van der Waals surface area contributed by atoms with Crippen LogP contribution in [0, 0.1) is 0 Å². The number of hydrogen-bond donors (Lipinski definition) is 2. The molecule has 0 aliphatic carbocycles. The van der Waals surface area contributed by atoms with Crippen LogP contribution < -0.4 is 4.90 Å². The second-order valence-electron chi connectivity index (χ2n) is 5.21. The maximum absolute atomic E-state index is 9.96. The predicted molar refractivity (Wildman–Crippen MR) is 79.8 cm³/mol. The highest BCUT2D eigenvalue weighted by molar-refractivity contribution is 5.53. The van der Waals surface area contributed by atoms with Crippen molar-refractivity contribution in [2.24, 2.45) is 0 Å². The van der Waals surface area contributed by atoms with E-state index in [0.717, 1.165) is 31.7 Å². The fraction of sp³-hybridized carbons (Fsp3) is 0.600. The Morgan fingerprint density at radius 1 is 1.16 bits per heavy atom. The summed E-state index contributed by atoms with van der Waals surface area (Å²) in [7, 11) is 4.11. The van der Waals surface area contributed by atoms with Crippen molar-refractivity contribution in [2.45, 2.75) is 26.4 Å². The summed E-state index contributed by atoms with van der Waals surface area (Å²) in [6, 6.07) is 5.51. The lowest BCUT2D eigenvalue weighted by molar-refractivity contribution is 0.195. The summed E-state index contributed by atoms with van der Waals surface area (Å²) in [6.45, 7) is 6.66. The van der Waals surface area contributed by atoms with Crippen molar-refractivity contribution in [1.82, 2.24) is 4.90 Å². The Hall–Kier alpha value is -1.26. The van der Waals surface area contributed by atoms with Crippen LogP contribution in [-0.4, -0.2) is 48.8 Å². The summed E-state index contributed by atoms with van der Waals surface area (Å²) >= 11 is 0. The summed E-state index contributed by atoms with van der Waals surface area (Å²) in [6.07, 6.45) is 0.419. The Kier molecular flexibility index (Phi) is 6.12. The molecule has 1 atom stereocenters. The molecule has 0 radical (unpaired) electrons. The van der Waals surface area contributed by atoms with Crippen LogP contribution in [0.1, 0.15) is 31.9 Å². The maximum atomic E-state index is 9.96. The fourth-order valence-electron chi connectivity index (χ4n) is 2.04. The van der Waals surface area contributed by atoms with Crippen molar-refractivity contribution in [3.8, 4) is 5.75 Å². The largest absolute Gasteiger partial charge is 0.507 e. The van der Waals surface area contributed by atoms with Gasteiger partial charge in [-0.15, -0.1) is 0 Å². The van der Waals surface area contributed by atoms with Crippen molar-refractivity contribution in [3.63, 3.8) is 0 Å². The van der Waals surface area contributed by atoms with E-state index in [1.807, 2.05) is 6.07 Å². The third-order valence-electron chi connectivity index (χ3n) is 3.14. The van der Waals surface area contributed by atoms with Gasteiger partial charge in [-0.05, 0) is 33.5 Å². The van der Waals surface area contributed by atoms with Crippen LogP contribution in [0.4, 0.5) is 5.69 Å². The zero-order chi connectivity index (χ0) is 14.4. The molecule has 4 heteroatoms. The molecule has 0 aromatic heterocycles.